The summed E-state index contributed by atoms with van der Waals surface area (Å²) >= 11 is 0. The van der Waals surface area contributed by atoms with Crippen molar-refractivity contribution in [2.45, 2.75) is 86.0 Å². The van der Waals surface area contributed by atoms with Gasteiger partial charge in [0, 0.05) is 13.1 Å². The normalized spacial score (nSPS) is 18.5. The molecule has 0 aliphatic carbocycles. The van der Waals surface area contributed by atoms with Crippen molar-refractivity contribution in [1.29, 1.82) is 0 Å². The summed E-state index contributed by atoms with van der Waals surface area (Å²) in [6, 6.07) is 6.29. The molecule has 6 heteroatoms. The smallest absolute Gasteiger partial charge is 0.444 e. The van der Waals surface area contributed by atoms with Crippen molar-refractivity contribution in [2.24, 2.45) is 0 Å². The van der Waals surface area contributed by atoms with Gasteiger partial charge in [0.25, 0.3) is 0 Å². The van der Waals surface area contributed by atoms with Gasteiger partial charge in [-0.25, -0.2) is 4.79 Å². The Labute approximate surface area is 182 Å². The summed E-state index contributed by atoms with van der Waals surface area (Å²) in [5.41, 5.74) is 3.16. The predicted molar refractivity (Wildman–Crippen MR) is 124 cm³/mol. The molecule has 30 heavy (non-hydrogen) atoms. The predicted octanol–water partition coefficient (Wildman–Crippen LogP) is 4.95. The van der Waals surface area contributed by atoms with Gasteiger partial charge in [0.05, 0.1) is 11.2 Å². The van der Waals surface area contributed by atoms with Crippen LogP contribution in [0.15, 0.2) is 24.3 Å². The van der Waals surface area contributed by atoms with Gasteiger partial charge in [-0.3, -0.25) is 0 Å². The highest BCUT2D eigenvalue weighted by molar-refractivity contribution is 6.62. The van der Waals surface area contributed by atoms with Gasteiger partial charge in [0.2, 0.25) is 0 Å². The molecule has 0 unspecified atom stereocenters. The summed E-state index contributed by atoms with van der Waals surface area (Å²) in [6.07, 6.45) is 1.78. The van der Waals surface area contributed by atoms with Gasteiger partial charge in [0.1, 0.15) is 5.60 Å². The van der Waals surface area contributed by atoms with Gasteiger partial charge >= 0.3 is 13.2 Å². The van der Waals surface area contributed by atoms with Gasteiger partial charge in [-0.05, 0) is 91.4 Å². The molecule has 1 aromatic rings. The van der Waals surface area contributed by atoms with Crippen molar-refractivity contribution in [2.75, 3.05) is 13.1 Å². The first kappa shape index (κ1) is 24.5. The number of nitrogens with zero attached hydrogens (tertiary/aromatic N) is 1. The summed E-state index contributed by atoms with van der Waals surface area (Å²) < 4.78 is 17.9. The fourth-order valence-corrected chi connectivity index (χ4v) is 3.21. The first-order valence-electron chi connectivity index (χ1n) is 10.8. The van der Waals surface area contributed by atoms with E-state index >= 15 is 0 Å². The average Bonchev–Trinajstić information content (AvgIpc) is 2.81. The Bertz CT molecular complexity index is 792. The Morgan fingerprint density at radius 1 is 1.17 bits per heavy atom. The number of hydrogen-bond donors (Lipinski definition) is 0. The molecule has 166 valence electrons. The average molecular weight is 415 g/mol. The van der Waals surface area contributed by atoms with Crippen LogP contribution < -0.4 is 5.46 Å². The largest absolute Gasteiger partial charge is 0.494 e. The second kappa shape index (κ2) is 8.76. The highest BCUT2D eigenvalue weighted by atomic mass is 16.7. The van der Waals surface area contributed by atoms with Crippen molar-refractivity contribution in [3.05, 3.63) is 35.4 Å². The second-order valence-corrected chi connectivity index (χ2v) is 10.1. The molecule has 1 aliphatic rings. The molecule has 0 saturated carbocycles. The number of aryl methyl sites for hydroxylation is 1. The maximum Gasteiger partial charge on any atom is 0.494 e. The standard InChI is InChI=1S/C24H38BNO4/c1-11-26(21(27)28-22(4,5)6)15-14-18(3)20-16-19(13-12-17(20)2)25-29-23(7,8)24(9,10)30-25/h12-14,16H,11,15H2,1-10H3/b18-14+. The Hall–Kier alpha value is -1.79. The number of likely N-dealkylation sites (N-methyl/N-ethyl adjacent to an activating group) is 1. The molecule has 0 N–H and O–H groups in total. The SMILES string of the molecule is CCN(C/C=C(\C)c1cc(B2OC(C)(C)C(C)(C)O2)ccc1C)C(=O)OC(C)(C)C. The topological polar surface area (TPSA) is 48.0 Å². The molecule has 1 heterocycles. The van der Waals surface area contributed by atoms with E-state index in [0.29, 0.717) is 13.1 Å². The first-order chi connectivity index (χ1) is 13.7. The maximum atomic E-state index is 12.4. The minimum Gasteiger partial charge on any atom is -0.444 e. The summed E-state index contributed by atoms with van der Waals surface area (Å²) in [7, 11) is -0.393. The van der Waals surface area contributed by atoms with E-state index in [9.17, 15) is 4.79 Å². The van der Waals surface area contributed by atoms with Crippen LogP contribution in [-0.4, -0.2) is 48.0 Å². The molecule has 5 nitrogen and oxygen atoms in total. The lowest BCUT2D eigenvalue weighted by molar-refractivity contribution is 0.00578. The number of benzene rings is 1. The number of carbonyl (C=O) groups is 1. The van der Waals surface area contributed by atoms with Crippen LogP contribution >= 0.6 is 0 Å². The molecule has 0 aromatic heterocycles. The van der Waals surface area contributed by atoms with E-state index in [0.717, 1.165) is 16.6 Å². The van der Waals surface area contributed by atoms with Crippen molar-refractivity contribution in [3.63, 3.8) is 0 Å². The summed E-state index contributed by atoms with van der Waals surface area (Å²) in [5.74, 6) is 0. The van der Waals surface area contributed by atoms with Gasteiger partial charge in [0.15, 0.2) is 0 Å². The van der Waals surface area contributed by atoms with E-state index in [2.05, 4.69) is 65.8 Å². The molecule has 0 spiro atoms. The van der Waals surface area contributed by atoms with Crippen molar-refractivity contribution in [1.82, 2.24) is 4.90 Å². The number of carbonyl (C=O) groups excluding carboxylic acids is 1. The zero-order chi connectivity index (χ0) is 22.9. The molecule has 1 amide bonds. The number of ether oxygens (including phenoxy) is 1. The van der Waals surface area contributed by atoms with Gasteiger partial charge in [-0.1, -0.05) is 24.3 Å². The van der Waals surface area contributed by atoms with Gasteiger partial charge < -0.3 is 18.9 Å². The molecule has 0 atom stereocenters. The summed E-state index contributed by atoms with van der Waals surface area (Å²) in [5, 5.41) is 0. The molecule has 1 aliphatic heterocycles. The third-order valence-electron chi connectivity index (χ3n) is 5.86. The lowest BCUT2D eigenvalue weighted by Gasteiger charge is -2.32. The van der Waals surface area contributed by atoms with E-state index in [1.54, 1.807) is 4.90 Å². The van der Waals surface area contributed by atoms with E-state index in [1.165, 1.54) is 5.56 Å². The summed E-state index contributed by atoms with van der Waals surface area (Å²) in [6.45, 7) is 21.1. The highest BCUT2D eigenvalue weighted by Crippen LogP contribution is 2.36. The quantitative estimate of drug-likeness (QED) is 0.639. The second-order valence-electron chi connectivity index (χ2n) is 10.1. The maximum absolute atomic E-state index is 12.4. The first-order valence-corrected chi connectivity index (χ1v) is 10.8. The van der Waals surface area contributed by atoms with Crippen LogP contribution in [0.4, 0.5) is 4.79 Å². The van der Waals surface area contributed by atoms with E-state index < -0.39 is 12.7 Å². The number of amides is 1. The number of rotatable bonds is 5. The third-order valence-corrected chi connectivity index (χ3v) is 5.86. The monoisotopic (exact) mass is 415 g/mol. The molecule has 1 fully saturated rings. The molecule has 2 rings (SSSR count). The van der Waals surface area contributed by atoms with Crippen LogP contribution in [0, 0.1) is 6.92 Å². The zero-order valence-electron chi connectivity index (χ0n) is 20.4. The highest BCUT2D eigenvalue weighted by Gasteiger charge is 2.51. The zero-order valence-corrected chi connectivity index (χ0v) is 20.4. The molecule has 1 aromatic carbocycles. The van der Waals surface area contributed by atoms with Crippen molar-refractivity contribution >= 4 is 24.2 Å². The Kier molecular flexibility index (Phi) is 7.15. The van der Waals surface area contributed by atoms with E-state index in [4.69, 9.17) is 14.0 Å². The third kappa shape index (κ3) is 5.67. The lowest BCUT2D eigenvalue weighted by atomic mass is 9.77. The van der Waals surface area contributed by atoms with Crippen LogP contribution in [0.5, 0.6) is 0 Å². The fraction of sp³-hybridized carbons (Fsp3) is 0.625. The van der Waals surface area contributed by atoms with Crippen LogP contribution in [0.2, 0.25) is 0 Å². The molecule has 1 saturated heterocycles. The Balaban J connectivity index is 2.20. The summed E-state index contributed by atoms with van der Waals surface area (Å²) in [4.78, 5) is 14.1. The Morgan fingerprint density at radius 3 is 2.23 bits per heavy atom. The molecular formula is C24H38BNO4. The minimum absolute atomic E-state index is 0.295. The van der Waals surface area contributed by atoms with Crippen molar-refractivity contribution in [3.8, 4) is 0 Å². The molecular weight excluding hydrogens is 377 g/mol. The molecule has 0 bridgehead atoms. The van der Waals surface area contributed by atoms with Gasteiger partial charge in [-0.15, -0.1) is 0 Å². The van der Waals surface area contributed by atoms with E-state index in [-0.39, 0.29) is 17.3 Å². The van der Waals surface area contributed by atoms with Crippen LogP contribution in [-0.2, 0) is 14.0 Å². The fourth-order valence-electron chi connectivity index (χ4n) is 3.21. The van der Waals surface area contributed by atoms with Crippen molar-refractivity contribution < 1.29 is 18.8 Å². The number of allylic oxidation sites excluding steroid dienone is 1. The lowest BCUT2D eigenvalue weighted by Crippen LogP contribution is -2.41. The number of hydrogen-bond acceptors (Lipinski definition) is 4. The Morgan fingerprint density at radius 2 is 1.73 bits per heavy atom. The van der Waals surface area contributed by atoms with Crippen LogP contribution in [0.3, 0.4) is 0 Å². The van der Waals surface area contributed by atoms with Crippen LogP contribution in [0.1, 0.15) is 73.4 Å². The van der Waals surface area contributed by atoms with Crippen LogP contribution in [0.25, 0.3) is 5.57 Å². The molecule has 0 radical (unpaired) electrons. The van der Waals surface area contributed by atoms with E-state index in [1.807, 2.05) is 27.7 Å². The minimum atomic E-state index is -0.503. The van der Waals surface area contributed by atoms with Gasteiger partial charge in [-0.2, -0.15) is 0 Å².